The molecular formula is C23H16Cl2. The third-order valence-electron chi connectivity index (χ3n) is 6.96. The smallest absolute Gasteiger partial charge is 0.104 e. The van der Waals surface area contributed by atoms with Crippen molar-refractivity contribution in [3.05, 3.63) is 106 Å². The Bertz CT molecular complexity index is 988. The van der Waals surface area contributed by atoms with Crippen LogP contribution >= 0.6 is 23.2 Å². The molecule has 0 saturated heterocycles. The SMILES string of the molecule is CC12C3c4ccccc4[C@@]1(Cl)c1ccccc1[C@@]2(Cl)c1ccccc13. The van der Waals surface area contributed by atoms with Crippen LogP contribution in [0.3, 0.4) is 0 Å². The number of hydrogen-bond donors (Lipinski definition) is 0. The van der Waals surface area contributed by atoms with Crippen LogP contribution in [0.15, 0.2) is 72.8 Å². The third kappa shape index (κ3) is 1.20. The molecule has 3 aliphatic carbocycles. The summed E-state index contributed by atoms with van der Waals surface area (Å²) in [6.45, 7) is 2.29. The first-order valence-corrected chi connectivity index (χ1v) is 9.48. The lowest BCUT2D eigenvalue weighted by Crippen LogP contribution is -2.42. The highest BCUT2D eigenvalue weighted by atomic mass is 35.5. The Morgan fingerprint density at radius 1 is 0.600 bits per heavy atom. The fraction of sp³-hybridized carbons (Fsp3) is 0.217. The van der Waals surface area contributed by atoms with E-state index >= 15 is 0 Å². The van der Waals surface area contributed by atoms with Gasteiger partial charge < -0.3 is 0 Å². The zero-order chi connectivity index (χ0) is 17.0. The summed E-state index contributed by atoms with van der Waals surface area (Å²) in [5.74, 6) is 0.210. The molecule has 122 valence electrons. The van der Waals surface area contributed by atoms with Gasteiger partial charge in [-0.3, -0.25) is 0 Å². The lowest BCUT2D eigenvalue weighted by Gasteiger charge is -2.41. The summed E-state index contributed by atoms with van der Waals surface area (Å²) in [7, 11) is 0. The van der Waals surface area contributed by atoms with E-state index in [0.717, 1.165) is 0 Å². The molecule has 2 heteroatoms. The molecule has 2 unspecified atom stereocenters. The minimum Gasteiger partial charge on any atom is -0.108 e. The van der Waals surface area contributed by atoms with Crippen LogP contribution in [-0.4, -0.2) is 0 Å². The normalized spacial score (nSPS) is 35.9. The summed E-state index contributed by atoms with van der Waals surface area (Å²) in [5.41, 5.74) is 7.08. The molecule has 6 rings (SSSR count). The fourth-order valence-corrected chi connectivity index (χ4v) is 7.27. The van der Waals surface area contributed by atoms with Crippen LogP contribution in [0.2, 0.25) is 0 Å². The molecular weight excluding hydrogens is 347 g/mol. The van der Waals surface area contributed by atoms with Gasteiger partial charge in [0, 0.05) is 11.3 Å². The minimum absolute atomic E-state index is 0.210. The van der Waals surface area contributed by atoms with Crippen molar-refractivity contribution in [2.24, 2.45) is 5.41 Å². The lowest BCUT2D eigenvalue weighted by molar-refractivity contribution is 0.234. The Kier molecular flexibility index (Phi) is 2.39. The Hall–Kier alpha value is -1.76. The van der Waals surface area contributed by atoms with Gasteiger partial charge in [0.05, 0.1) is 0 Å². The first kappa shape index (κ1) is 14.4. The van der Waals surface area contributed by atoms with Gasteiger partial charge in [-0.15, -0.1) is 23.2 Å². The van der Waals surface area contributed by atoms with Gasteiger partial charge in [0.1, 0.15) is 9.75 Å². The van der Waals surface area contributed by atoms with Crippen molar-refractivity contribution in [1.82, 2.24) is 0 Å². The molecule has 0 spiro atoms. The maximum atomic E-state index is 7.60. The number of halogens is 2. The molecule has 3 aromatic rings. The van der Waals surface area contributed by atoms with Gasteiger partial charge in [0.2, 0.25) is 0 Å². The Labute approximate surface area is 157 Å². The molecule has 0 heterocycles. The molecule has 0 aromatic heterocycles. The van der Waals surface area contributed by atoms with Crippen LogP contribution in [0.25, 0.3) is 0 Å². The van der Waals surface area contributed by atoms with Crippen LogP contribution in [0.4, 0.5) is 0 Å². The maximum absolute atomic E-state index is 7.60. The number of benzene rings is 3. The highest BCUT2D eigenvalue weighted by molar-refractivity contribution is 6.34. The van der Waals surface area contributed by atoms with Crippen molar-refractivity contribution >= 4 is 23.2 Å². The van der Waals surface area contributed by atoms with E-state index in [1.54, 1.807) is 0 Å². The molecule has 0 aliphatic heterocycles. The monoisotopic (exact) mass is 362 g/mol. The Morgan fingerprint density at radius 2 is 0.960 bits per heavy atom. The van der Waals surface area contributed by atoms with E-state index in [9.17, 15) is 0 Å². The Morgan fingerprint density at radius 3 is 1.40 bits per heavy atom. The van der Waals surface area contributed by atoms with E-state index < -0.39 is 9.75 Å². The summed E-state index contributed by atoms with van der Waals surface area (Å²) in [6, 6.07) is 25.7. The molecule has 0 N–H and O–H groups in total. The van der Waals surface area contributed by atoms with Crippen molar-refractivity contribution in [3.63, 3.8) is 0 Å². The standard InChI is InChI=1S/C23H16Cl2/c1-21-20-14-8-2-4-10-16(14)22(21,24)18-12-6-7-13-19(18)23(21,25)17-11-5-3-9-15(17)20/h2-13,20H,1H3/t20?,21?,22-,23+. The lowest BCUT2D eigenvalue weighted by atomic mass is 9.69. The second kappa shape index (κ2) is 4.14. The van der Waals surface area contributed by atoms with E-state index in [0.29, 0.717) is 0 Å². The van der Waals surface area contributed by atoms with E-state index in [4.69, 9.17) is 23.2 Å². The number of fused-ring (bicyclic) bond motifs is 9. The van der Waals surface area contributed by atoms with E-state index in [2.05, 4.69) is 79.7 Å². The summed E-state index contributed by atoms with van der Waals surface area (Å²) < 4.78 is 0. The maximum Gasteiger partial charge on any atom is 0.104 e. The van der Waals surface area contributed by atoms with Crippen LogP contribution in [0.1, 0.15) is 46.2 Å². The molecule has 0 radical (unpaired) electrons. The minimum atomic E-state index is -0.606. The predicted molar refractivity (Wildman–Crippen MR) is 103 cm³/mol. The summed E-state index contributed by atoms with van der Waals surface area (Å²) in [5, 5.41) is 0. The summed E-state index contributed by atoms with van der Waals surface area (Å²) in [6.07, 6.45) is 0. The highest BCUT2D eigenvalue weighted by Crippen LogP contribution is 2.82. The van der Waals surface area contributed by atoms with Crippen LogP contribution in [0.5, 0.6) is 0 Å². The molecule has 25 heavy (non-hydrogen) atoms. The van der Waals surface area contributed by atoms with Gasteiger partial charge in [-0.25, -0.2) is 0 Å². The van der Waals surface area contributed by atoms with Crippen molar-refractivity contribution < 1.29 is 0 Å². The van der Waals surface area contributed by atoms with Crippen LogP contribution < -0.4 is 0 Å². The topological polar surface area (TPSA) is 0 Å². The van der Waals surface area contributed by atoms with Crippen molar-refractivity contribution in [2.45, 2.75) is 22.6 Å². The van der Waals surface area contributed by atoms with Crippen molar-refractivity contribution in [1.29, 1.82) is 0 Å². The van der Waals surface area contributed by atoms with Crippen LogP contribution in [0, 0.1) is 5.41 Å². The first-order valence-electron chi connectivity index (χ1n) is 8.73. The predicted octanol–water partition coefficient (Wildman–Crippen LogP) is 6.13. The summed E-state index contributed by atoms with van der Waals surface area (Å²) >= 11 is 15.2. The average molecular weight is 363 g/mol. The van der Waals surface area contributed by atoms with E-state index in [1.165, 1.54) is 33.4 Å². The first-order chi connectivity index (χ1) is 12.1. The van der Waals surface area contributed by atoms with Gasteiger partial charge >= 0.3 is 0 Å². The number of hydrogen-bond acceptors (Lipinski definition) is 0. The molecule has 0 bridgehead atoms. The zero-order valence-corrected chi connectivity index (χ0v) is 15.3. The molecule has 4 atom stereocenters. The molecule has 3 aliphatic rings. The Balaban J connectivity index is 1.89. The number of alkyl halides is 2. The van der Waals surface area contributed by atoms with E-state index in [1.807, 2.05) is 0 Å². The zero-order valence-electron chi connectivity index (χ0n) is 13.8. The number of rotatable bonds is 0. The second-order valence-corrected chi connectivity index (χ2v) is 8.81. The second-order valence-electron chi connectivity index (χ2n) is 7.67. The highest BCUT2D eigenvalue weighted by Gasteiger charge is 2.78. The van der Waals surface area contributed by atoms with Gasteiger partial charge in [-0.05, 0) is 33.4 Å². The summed E-state index contributed by atoms with van der Waals surface area (Å²) in [4.78, 5) is -1.21. The van der Waals surface area contributed by atoms with Crippen molar-refractivity contribution in [2.75, 3.05) is 0 Å². The third-order valence-corrected chi connectivity index (χ3v) is 8.56. The van der Waals surface area contributed by atoms with E-state index in [-0.39, 0.29) is 11.3 Å². The molecule has 0 nitrogen and oxygen atoms in total. The fourth-order valence-electron chi connectivity index (χ4n) is 6.04. The molecule has 0 saturated carbocycles. The van der Waals surface area contributed by atoms with Gasteiger partial charge in [0.15, 0.2) is 0 Å². The largest absolute Gasteiger partial charge is 0.108 e. The van der Waals surface area contributed by atoms with Gasteiger partial charge in [-0.2, -0.15) is 0 Å². The van der Waals surface area contributed by atoms with Crippen molar-refractivity contribution in [3.8, 4) is 0 Å². The molecule has 0 amide bonds. The van der Waals surface area contributed by atoms with Crippen LogP contribution in [-0.2, 0) is 9.75 Å². The molecule has 0 fully saturated rings. The quantitative estimate of drug-likeness (QED) is 0.422. The average Bonchev–Trinajstić information content (AvgIpc) is 3.07. The molecule has 3 aromatic carbocycles. The van der Waals surface area contributed by atoms with Gasteiger partial charge in [0.25, 0.3) is 0 Å². The van der Waals surface area contributed by atoms with Gasteiger partial charge in [-0.1, -0.05) is 79.7 Å².